The zero-order chi connectivity index (χ0) is 27.6. The minimum atomic E-state index is -4.72. The Balaban J connectivity index is 0.00000420. The number of methoxy groups -OCH3 is 1. The number of ether oxygens (including phenoxy) is 1. The monoisotopic (exact) mass is 595 g/mol. The third-order valence-corrected chi connectivity index (χ3v) is 7.27. The van der Waals surface area contributed by atoms with E-state index in [2.05, 4.69) is 15.5 Å². The van der Waals surface area contributed by atoms with Gasteiger partial charge in [-0.3, -0.25) is 9.35 Å². The van der Waals surface area contributed by atoms with Crippen molar-refractivity contribution in [1.29, 1.82) is 0 Å². The Hall–Kier alpha value is -2.70. The third-order valence-electron chi connectivity index (χ3n) is 5.68. The van der Waals surface area contributed by atoms with Crippen LogP contribution in [0.1, 0.15) is 22.8 Å². The molecule has 0 atom stereocenters. The number of nitrogens with one attached hydrogen (secondary N) is 1. The third kappa shape index (κ3) is 6.55. The van der Waals surface area contributed by atoms with Crippen LogP contribution in [0, 0.1) is 0 Å². The van der Waals surface area contributed by atoms with Crippen LogP contribution in [0.15, 0.2) is 75.8 Å². The van der Waals surface area contributed by atoms with Crippen LogP contribution in [0.3, 0.4) is 0 Å². The number of azo groups is 1. The summed E-state index contributed by atoms with van der Waals surface area (Å²) in [6.45, 7) is 1.69. The van der Waals surface area contributed by atoms with Gasteiger partial charge in [-0.05, 0) is 41.6 Å². The van der Waals surface area contributed by atoms with Crippen LogP contribution in [-0.4, -0.2) is 26.0 Å². The van der Waals surface area contributed by atoms with E-state index in [4.69, 9.17) is 27.9 Å². The van der Waals surface area contributed by atoms with E-state index in [1.165, 1.54) is 37.4 Å². The van der Waals surface area contributed by atoms with Crippen molar-refractivity contribution in [3.63, 3.8) is 0 Å². The standard InChI is InChI=1S/C26H21Cl2N3O6S.Na/c1-3-14-8-10-20(28)23(25(14)38(34,35)36)31-30-22-17-7-5-4-6-15(17)12-18(24(22)32)26(33)29-16-9-11-19(27)21(13-16)37-2;/h4-13,32H,3H2,1-2H3,(H,29,33)(H,34,35,36);/q;+1/p-1. The topological polar surface area (TPSA) is 140 Å². The minimum Gasteiger partial charge on any atom is -0.870 e. The average molecular weight is 596 g/mol. The van der Waals surface area contributed by atoms with Gasteiger partial charge in [0.1, 0.15) is 16.3 Å². The van der Waals surface area contributed by atoms with E-state index in [1.807, 2.05) is 0 Å². The Kier molecular flexibility index (Phi) is 10.0. The molecule has 39 heavy (non-hydrogen) atoms. The number of nitrogens with zero attached hydrogens (tertiary/aromatic N) is 2. The maximum absolute atomic E-state index is 13.4. The van der Waals surface area contributed by atoms with Gasteiger partial charge in [0.05, 0.1) is 22.8 Å². The smallest absolute Gasteiger partial charge is 0.870 e. The normalized spacial score (nSPS) is 11.4. The van der Waals surface area contributed by atoms with Crippen LogP contribution < -0.4 is 44.7 Å². The van der Waals surface area contributed by atoms with Gasteiger partial charge < -0.3 is 15.2 Å². The van der Waals surface area contributed by atoms with Crippen molar-refractivity contribution in [1.82, 2.24) is 0 Å². The number of carbonyl (C=O) groups excluding carboxylic acids is 1. The zero-order valence-corrected chi connectivity index (χ0v) is 25.4. The number of benzene rings is 4. The van der Waals surface area contributed by atoms with Gasteiger partial charge in [0.25, 0.3) is 16.0 Å². The van der Waals surface area contributed by atoms with Gasteiger partial charge in [0.2, 0.25) is 0 Å². The molecule has 2 N–H and O–H groups in total. The molecular formula is C26H20Cl2N3NaO6S. The predicted molar refractivity (Wildman–Crippen MR) is 144 cm³/mol. The van der Waals surface area contributed by atoms with Crippen LogP contribution in [0.4, 0.5) is 17.1 Å². The van der Waals surface area contributed by atoms with Crippen molar-refractivity contribution < 1.29 is 57.2 Å². The van der Waals surface area contributed by atoms with Crippen LogP contribution in [-0.2, 0) is 16.5 Å². The first-order valence-corrected chi connectivity index (χ1v) is 13.3. The fourth-order valence-corrected chi connectivity index (χ4v) is 5.25. The van der Waals surface area contributed by atoms with E-state index in [1.54, 1.807) is 37.3 Å². The van der Waals surface area contributed by atoms with Crippen molar-refractivity contribution in [2.24, 2.45) is 10.2 Å². The SMILES string of the molecule is CCc1ccc(Cl)c(N=Nc2c([O-])c(C(=O)Nc3ccc(Cl)c(OC)c3)cc3ccccc23)c1S(=O)(=O)O.[Na+]. The first kappa shape index (κ1) is 30.8. The number of hydrogen-bond donors (Lipinski definition) is 2. The average Bonchev–Trinajstić information content (AvgIpc) is 2.88. The number of halogens is 2. The summed E-state index contributed by atoms with van der Waals surface area (Å²) in [5.41, 5.74) is -0.145. The van der Waals surface area contributed by atoms with Crippen LogP contribution in [0.5, 0.6) is 11.5 Å². The largest absolute Gasteiger partial charge is 1.00 e. The van der Waals surface area contributed by atoms with Crippen LogP contribution in [0.25, 0.3) is 10.8 Å². The van der Waals surface area contributed by atoms with Gasteiger partial charge in [-0.25, -0.2) is 0 Å². The summed E-state index contributed by atoms with van der Waals surface area (Å²) in [6, 6.07) is 15.6. The molecular weight excluding hydrogens is 576 g/mol. The molecule has 13 heteroatoms. The van der Waals surface area contributed by atoms with E-state index in [0.717, 1.165) is 0 Å². The Bertz CT molecular complexity index is 1710. The summed E-state index contributed by atoms with van der Waals surface area (Å²) >= 11 is 12.2. The fourth-order valence-electron chi connectivity index (χ4n) is 3.86. The molecule has 0 aliphatic heterocycles. The number of rotatable bonds is 7. The van der Waals surface area contributed by atoms with Crippen molar-refractivity contribution in [3.8, 4) is 11.5 Å². The van der Waals surface area contributed by atoms with E-state index >= 15 is 0 Å². The van der Waals surface area contributed by atoms with Gasteiger partial charge in [0.15, 0.2) is 0 Å². The summed E-state index contributed by atoms with van der Waals surface area (Å²) in [5, 5.41) is 25.2. The summed E-state index contributed by atoms with van der Waals surface area (Å²) < 4.78 is 39.2. The molecule has 0 radical (unpaired) electrons. The molecule has 0 aliphatic rings. The number of fused-ring (bicyclic) bond motifs is 1. The second-order valence-electron chi connectivity index (χ2n) is 8.04. The molecule has 0 saturated heterocycles. The molecule has 0 fully saturated rings. The second kappa shape index (κ2) is 12.6. The van der Waals surface area contributed by atoms with Crippen molar-refractivity contribution in [2.45, 2.75) is 18.2 Å². The number of amides is 1. The maximum Gasteiger partial charge on any atom is 1.00 e. The van der Waals surface area contributed by atoms with Gasteiger partial charge >= 0.3 is 29.6 Å². The van der Waals surface area contributed by atoms with E-state index in [9.17, 15) is 22.9 Å². The first-order chi connectivity index (χ1) is 18.0. The van der Waals surface area contributed by atoms with Gasteiger partial charge in [-0.2, -0.15) is 13.5 Å². The Morgan fingerprint density at radius 3 is 2.36 bits per heavy atom. The van der Waals surface area contributed by atoms with E-state index in [0.29, 0.717) is 27.2 Å². The predicted octanol–water partition coefficient (Wildman–Crippen LogP) is 3.71. The molecule has 4 rings (SSSR count). The Morgan fingerprint density at radius 1 is 1.03 bits per heavy atom. The minimum absolute atomic E-state index is 0. The molecule has 1 amide bonds. The molecule has 0 heterocycles. The van der Waals surface area contributed by atoms with Gasteiger partial charge in [0, 0.05) is 22.7 Å². The first-order valence-electron chi connectivity index (χ1n) is 11.1. The molecule has 0 bridgehead atoms. The Morgan fingerprint density at radius 2 is 1.69 bits per heavy atom. The molecule has 0 unspecified atom stereocenters. The quantitative estimate of drug-likeness (QED) is 0.189. The summed E-state index contributed by atoms with van der Waals surface area (Å²) in [5.74, 6) is -1.13. The van der Waals surface area contributed by atoms with Crippen molar-refractivity contribution in [2.75, 3.05) is 12.4 Å². The van der Waals surface area contributed by atoms with Gasteiger partial charge in [-0.1, -0.05) is 66.2 Å². The maximum atomic E-state index is 13.4. The summed E-state index contributed by atoms with van der Waals surface area (Å²) in [7, 11) is -3.29. The summed E-state index contributed by atoms with van der Waals surface area (Å²) in [4.78, 5) is 12.6. The van der Waals surface area contributed by atoms with Crippen molar-refractivity contribution >= 4 is 67.1 Å². The zero-order valence-electron chi connectivity index (χ0n) is 21.0. The summed E-state index contributed by atoms with van der Waals surface area (Å²) in [6.07, 6.45) is 0.260. The molecule has 0 saturated carbocycles. The molecule has 9 nitrogen and oxygen atoms in total. The Labute approximate surface area is 256 Å². The molecule has 4 aromatic carbocycles. The molecule has 0 aromatic heterocycles. The van der Waals surface area contributed by atoms with E-state index < -0.39 is 26.7 Å². The second-order valence-corrected chi connectivity index (χ2v) is 10.2. The van der Waals surface area contributed by atoms with Crippen molar-refractivity contribution in [3.05, 3.63) is 81.8 Å². The van der Waals surface area contributed by atoms with Crippen LogP contribution >= 0.6 is 23.2 Å². The fraction of sp³-hybridized carbons (Fsp3) is 0.115. The number of carbonyl (C=O) groups is 1. The number of anilines is 1. The molecule has 0 spiro atoms. The molecule has 196 valence electrons. The molecule has 0 aliphatic carbocycles. The number of aryl methyl sites for hydroxylation is 1. The van der Waals surface area contributed by atoms with E-state index in [-0.39, 0.29) is 63.5 Å². The number of hydrogen-bond acceptors (Lipinski definition) is 7. The molecule has 4 aromatic rings. The van der Waals surface area contributed by atoms with Crippen LogP contribution in [0.2, 0.25) is 10.0 Å². The van der Waals surface area contributed by atoms with Gasteiger partial charge in [-0.15, -0.1) is 5.11 Å².